The smallest absolute Gasteiger partial charge is 0.267 e. The highest BCUT2D eigenvalue weighted by molar-refractivity contribution is 7.99. The van der Waals surface area contributed by atoms with Gasteiger partial charge in [0.05, 0.1) is 23.0 Å². The number of hydrogen-bond acceptors (Lipinski definition) is 6. The third-order valence-electron chi connectivity index (χ3n) is 5.58. The monoisotopic (exact) mass is 508 g/mol. The van der Waals surface area contributed by atoms with Gasteiger partial charge in [-0.2, -0.15) is 5.10 Å². The van der Waals surface area contributed by atoms with Crippen LogP contribution in [0.1, 0.15) is 28.8 Å². The molecule has 0 unspecified atom stereocenters. The Bertz CT molecular complexity index is 1430. The van der Waals surface area contributed by atoms with Gasteiger partial charge in [0.1, 0.15) is 4.83 Å². The summed E-state index contributed by atoms with van der Waals surface area (Å²) < 4.78 is 1.59. The van der Waals surface area contributed by atoms with Crippen LogP contribution < -0.4 is 11.0 Å². The van der Waals surface area contributed by atoms with E-state index in [1.807, 2.05) is 30.3 Å². The lowest BCUT2D eigenvalue weighted by Gasteiger charge is -2.13. The number of nitrogens with zero attached hydrogens (tertiary/aromatic N) is 3. The Kier molecular flexibility index (Phi) is 6.80. The summed E-state index contributed by atoms with van der Waals surface area (Å²) in [6, 6.07) is 16.6. The van der Waals surface area contributed by atoms with E-state index in [1.165, 1.54) is 16.6 Å². The second kappa shape index (κ2) is 10.1. The van der Waals surface area contributed by atoms with Crippen molar-refractivity contribution in [2.75, 3.05) is 5.75 Å². The molecule has 1 aliphatic carbocycles. The fourth-order valence-electron chi connectivity index (χ4n) is 3.98. The Hall–Kier alpha value is -2.94. The lowest BCUT2D eigenvalue weighted by Crippen LogP contribution is -2.24. The first-order valence-corrected chi connectivity index (χ1v) is 13.1. The summed E-state index contributed by atoms with van der Waals surface area (Å²) >= 11 is 8.89. The minimum Gasteiger partial charge on any atom is -0.272 e. The molecule has 2 aromatic heterocycles. The zero-order valence-corrected chi connectivity index (χ0v) is 20.6. The van der Waals surface area contributed by atoms with Crippen molar-refractivity contribution in [1.82, 2.24) is 15.0 Å². The van der Waals surface area contributed by atoms with Gasteiger partial charge in [0.15, 0.2) is 5.16 Å². The number of fused-ring (bicyclic) bond motifs is 3. The maximum atomic E-state index is 13.7. The summed E-state index contributed by atoms with van der Waals surface area (Å²) in [4.78, 5) is 33.0. The Morgan fingerprint density at radius 1 is 1.15 bits per heavy atom. The third-order valence-corrected chi connectivity index (χ3v) is 7.95. The highest BCUT2D eigenvalue weighted by Crippen LogP contribution is 2.35. The molecule has 9 heteroatoms. The van der Waals surface area contributed by atoms with Crippen molar-refractivity contribution in [2.24, 2.45) is 5.10 Å². The van der Waals surface area contributed by atoms with Crippen LogP contribution >= 0.6 is 34.7 Å². The minimum absolute atomic E-state index is 0.0722. The normalized spacial score (nSPS) is 13.3. The maximum absolute atomic E-state index is 13.7. The molecule has 4 aromatic rings. The van der Waals surface area contributed by atoms with Crippen LogP contribution in [0, 0.1) is 0 Å². The van der Waals surface area contributed by atoms with Gasteiger partial charge < -0.3 is 0 Å². The van der Waals surface area contributed by atoms with Gasteiger partial charge in [-0.05, 0) is 61.1 Å². The average molecular weight is 509 g/mol. The first-order chi connectivity index (χ1) is 16.6. The molecule has 2 aromatic carbocycles. The highest BCUT2D eigenvalue weighted by Gasteiger charge is 2.23. The molecule has 0 radical (unpaired) electrons. The molecular weight excluding hydrogens is 488 g/mol. The van der Waals surface area contributed by atoms with E-state index in [1.54, 1.807) is 46.4 Å². The van der Waals surface area contributed by atoms with E-state index in [0.29, 0.717) is 21.3 Å². The first-order valence-electron chi connectivity index (χ1n) is 10.9. The predicted octanol–water partition coefficient (Wildman–Crippen LogP) is 5.22. The highest BCUT2D eigenvalue weighted by atomic mass is 35.5. The molecule has 6 nitrogen and oxygen atoms in total. The molecule has 0 saturated heterocycles. The summed E-state index contributed by atoms with van der Waals surface area (Å²) in [7, 11) is 0. The number of hydrazone groups is 1. The molecule has 1 N–H and O–H groups in total. The summed E-state index contributed by atoms with van der Waals surface area (Å²) in [5.74, 6) is -0.206. The number of halogens is 1. The Balaban J connectivity index is 1.45. The molecule has 0 fully saturated rings. The first kappa shape index (κ1) is 22.8. The van der Waals surface area contributed by atoms with Crippen molar-refractivity contribution in [1.29, 1.82) is 0 Å². The topological polar surface area (TPSA) is 76.3 Å². The summed E-state index contributed by atoms with van der Waals surface area (Å²) in [6.45, 7) is 0. The molecule has 0 bridgehead atoms. The standard InChI is InChI=1S/C25H21ClN4O2S2/c26-17-10-12-18(13-11-17)30-24(32)22-19-8-4-5-9-20(19)34-23(22)28-25(30)33-15-21(31)29-27-14-16-6-2-1-3-7-16/h1-3,6-7,10-14H,4-5,8-9,15H2,(H,29,31). The number of thiophene rings is 1. The van der Waals surface area contributed by atoms with Crippen molar-refractivity contribution in [3.05, 3.63) is 86.0 Å². The Labute approximate surface area is 209 Å². The molecule has 5 rings (SSSR count). The van der Waals surface area contributed by atoms with Gasteiger partial charge in [-0.1, -0.05) is 53.7 Å². The number of hydrogen-bond donors (Lipinski definition) is 1. The number of thioether (sulfide) groups is 1. The number of amides is 1. The van der Waals surface area contributed by atoms with Gasteiger partial charge >= 0.3 is 0 Å². The second-order valence-corrected chi connectivity index (χ2v) is 10.4. The summed E-state index contributed by atoms with van der Waals surface area (Å²) in [5, 5.41) is 5.78. The van der Waals surface area contributed by atoms with Crippen LogP contribution in [0.25, 0.3) is 15.9 Å². The number of carbonyl (C=O) groups is 1. The molecule has 0 atom stereocenters. The van der Waals surface area contributed by atoms with E-state index in [4.69, 9.17) is 16.6 Å². The van der Waals surface area contributed by atoms with Crippen LogP contribution in [0.2, 0.25) is 5.02 Å². The number of carbonyl (C=O) groups excluding carboxylic acids is 1. The van der Waals surface area contributed by atoms with E-state index in [-0.39, 0.29) is 17.2 Å². The second-order valence-electron chi connectivity index (χ2n) is 7.89. The van der Waals surface area contributed by atoms with E-state index in [9.17, 15) is 9.59 Å². The Morgan fingerprint density at radius 2 is 1.91 bits per heavy atom. The van der Waals surface area contributed by atoms with Crippen LogP contribution in [0.3, 0.4) is 0 Å². The quantitative estimate of drug-likeness (QED) is 0.168. The number of aromatic nitrogens is 2. The van der Waals surface area contributed by atoms with Crippen molar-refractivity contribution in [2.45, 2.75) is 30.8 Å². The van der Waals surface area contributed by atoms with Gasteiger partial charge in [-0.25, -0.2) is 10.4 Å². The molecule has 1 amide bonds. The molecule has 0 aliphatic heterocycles. The minimum atomic E-state index is -0.278. The lowest BCUT2D eigenvalue weighted by atomic mass is 9.97. The fourth-order valence-corrected chi connectivity index (χ4v) is 6.21. The molecular formula is C25H21ClN4O2S2. The molecule has 1 aliphatic rings. The summed E-state index contributed by atoms with van der Waals surface area (Å²) in [6.07, 6.45) is 5.70. The zero-order chi connectivity index (χ0) is 23.5. The van der Waals surface area contributed by atoms with Crippen LogP contribution in [0.5, 0.6) is 0 Å². The van der Waals surface area contributed by atoms with Gasteiger partial charge in [0.25, 0.3) is 11.5 Å². The van der Waals surface area contributed by atoms with E-state index < -0.39 is 0 Å². The number of rotatable bonds is 6. The third kappa shape index (κ3) is 4.80. The molecule has 2 heterocycles. The van der Waals surface area contributed by atoms with Gasteiger partial charge in [-0.3, -0.25) is 14.2 Å². The zero-order valence-electron chi connectivity index (χ0n) is 18.2. The molecule has 0 spiro atoms. The number of aryl methyl sites for hydroxylation is 2. The van der Waals surface area contributed by atoms with E-state index in [2.05, 4.69) is 10.5 Å². The van der Waals surface area contributed by atoms with Crippen LogP contribution in [-0.2, 0) is 17.6 Å². The van der Waals surface area contributed by atoms with Crippen molar-refractivity contribution >= 4 is 57.0 Å². The SMILES string of the molecule is O=C(CSc1nc2sc3c(c2c(=O)n1-c1ccc(Cl)cc1)CCCC3)NN=Cc1ccccc1. The molecule has 34 heavy (non-hydrogen) atoms. The van der Waals surface area contributed by atoms with Crippen molar-refractivity contribution in [3.8, 4) is 5.69 Å². The average Bonchev–Trinajstić information content (AvgIpc) is 3.23. The van der Waals surface area contributed by atoms with E-state index in [0.717, 1.165) is 41.6 Å². The molecule has 172 valence electrons. The Morgan fingerprint density at radius 3 is 2.71 bits per heavy atom. The maximum Gasteiger partial charge on any atom is 0.267 e. The summed E-state index contributed by atoms with van der Waals surface area (Å²) in [5.41, 5.74) is 5.13. The largest absolute Gasteiger partial charge is 0.272 e. The van der Waals surface area contributed by atoms with Gasteiger partial charge in [0, 0.05) is 9.90 Å². The van der Waals surface area contributed by atoms with Gasteiger partial charge in [0.2, 0.25) is 0 Å². The van der Waals surface area contributed by atoms with Crippen LogP contribution in [0.15, 0.2) is 69.6 Å². The fraction of sp³-hybridized carbons (Fsp3) is 0.200. The number of benzene rings is 2. The number of nitrogens with one attached hydrogen (secondary N) is 1. The van der Waals surface area contributed by atoms with Crippen LogP contribution in [-0.4, -0.2) is 27.4 Å². The molecule has 0 saturated carbocycles. The lowest BCUT2D eigenvalue weighted by molar-refractivity contribution is -0.118. The van der Waals surface area contributed by atoms with Gasteiger partial charge in [-0.15, -0.1) is 11.3 Å². The van der Waals surface area contributed by atoms with Crippen molar-refractivity contribution in [3.63, 3.8) is 0 Å². The van der Waals surface area contributed by atoms with Crippen molar-refractivity contribution < 1.29 is 4.79 Å². The van der Waals surface area contributed by atoms with Crippen LogP contribution in [0.4, 0.5) is 0 Å². The predicted molar refractivity (Wildman–Crippen MR) is 140 cm³/mol. The van der Waals surface area contributed by atoms with E-state index >= 15 is 0 Å².